The number of nitrogens with two attached hydrogens (primary N) is 1. The number of aromatic nitrogens is 4. The molecule has 3 aromatic rings. The predicted molar refractivity (Wildman–Crippen MR) is 80.9 cm³/mol. The molecule has 0 bridgehead atoms. The number of unbranched alkanes of at least 4 members (excludes halogenated alkanes) is 1. The third-order valence-electron chi connectivity index (χ3n) is 3.23. The van der Waals surface area contributed by atoms with E-state index in [9.17, 15) is 0 Å². The van der Waals surface area contributed by atoms with Gasteiger partial charge in [-0.3, -0.25) is 0 Å². The summed E-state index contributed by atoms with van der Waals surface area (Å²) in [6.07, 6.45) is 5.18. The average Bonchev–Trinajstić information content (AvgIpc) is 2.93. The van der Waals surface area contributed by atoms with Crippen molar-refractivity contribution in [2.24, 2.45) is 0 Å². The summed E-state index contributed by atoms with van der Waals surface area (Å²) >= 11 is 0. The van der Waals surface area contributed by atoms with Gasteiger partial charge in [0.25, 0.3) is 0 Å². The number of nitrogens with zero attached hydrogens (tertiary/aromatic N) is 4. The molecule has 0 saturated heterocycles. The van der Waals surface area contributed by atoms with Gasteiger partial charge < -0.3 is 15.0 Å². The van der Waals surface area contributed by atoms with Gasteiger partial charge in [-0.15, -0.1) is 0 Å². The van der Waals surface area contributed by atoms with Gasteiger partial charge in [0.15, 0.2) is 11.5 Å². The highest BCUT2D eigenvalue weighted by molar-refractivity contribution is 5.80. The Morgan fingerprint density at radius 3 is 2.76 bits per heavy atom. The van der Waals surface area contributed by atoms with Gasteiger partial charge in [-0.1, -0.05) is 18.2 Å². The summed E-state index contributed by atoms with van der Waals surface area (Å²) in [7, 11) is 0. The molecule has 2 heterocycles. The second-order valence-electron chi connectivity index (χ2n) is 4.74. The molecular weight excluding hydrogens is 266 g/mol. The Morgan fingerprint density at radius 1 is 1.05 bits per heavy atom. The number of hydrogen-bond acceptors (Lipinski definition) is 5. The van der Waals surface area contributed by atoms with Crippen LogP contribution in [-0.4, -0.2) is 26.1 Å². The highest BCUT2D eigenvalue weighted by Gasteiger charge is 2.06. The lowest BCUT2D eigenvalue weighted by molar-refractivity contribution is 0.303. The van der Waals surface area contributed by atoms with Gasteiger partial charge in [0, 0.05) is 6.54 Å². The van der Waals surface area contributed by atoms with Crippen LogP contribution in [0, 0.1) is 0 Å². The zero-order valence-electron chi connectivity index (χ0n) is 11.6. The number of benzene rings is 1. The van der Waals surface area contributed by atoms with E-state index >= 15 is 0 Å². The fraction of sp³-hybridized carbons (Fsp3) is 0.267. The van der Waals surface area contributed by atoms with Crippen molar-refractivity contribution in [2.45, 2.75) is 19.4 Å². The molecule has 1 aromatic carbocycles. The van der Waals surface area contributed by atoms with Crippen LogP contribution < -0.4 is 10.5 Å². The first-order chi connectivity index (χ1) is 10.3. The smallest absolute Gasteiger partial charge is 0.165 e. The average molecular weight is 283 g/mol. The molecule has 0 aliphatic rings. The third-order valence-corrected chi connectivity index (χ3v) is 3.23. The van der Waals surface area contributed by atoms with E-state index in [-0.39, 0.29) is 0 Å². The van der Waals surface area contributed by atoms with E-state index in [4.69, 9.17) is 10.5 Å². The van der Waals surface area contributed by atoms with Gasteiger partial charge in [0.05, 0.1) is 12.9 Å². The first kappa shape index (κ1) is 13.4. The van der Waals surface area contributed by atoms with E-state index in [1.807, 2.05) is 34.9 Å². The predicted octanol–water partition coefficient (Wildman–Crippen LogP) is 2.27. The van der Waals surface area contributed by atoms with Crippen molar-refractivity contribution in [1.29, 1.82) is 0 Å². The lowest BCUT2D eigenvalue weighted by Crippen LogP contribution is -2.02. The maximum Gasteiger partial charge on any atom is 0.165 e. The van der Waals surface area contributed by atoms with Gasteiger partial charge in [0.2, 0.25) is 0 Å². The highest BCUT2D eigenvalue weighted by Crippen LogP contribution is 2.15. The van der Waals surface area contributed by atoms with Crippen molar-refractivity contribution in [3.05, 3.63) is 43.0 Å². The van der Waals surface area contributed by atoms with Crippen molar-refractivity contribution in [2.75, 3.05) is 12.3 Å². The number of hydrogen-bond donors (Lipinski definition) is 1. The molecule has 108 valence electrons. The van der Waals surface area contributed by atoms with Crippen LogP contribution in [0.2, 0.25) is 0 Å². The molecule has 0 aliphatic heterocycles. The van der Waals surface area contributed by atoms with Crippen LogP contribution in [0.25, 0.3) is 11.2 Å². The fourth-order valence-corrected chi connectivity index (χ4v) is 2.15. The summed E-state index contributed by atoms with van der Waals surface area (Å²) in [6, 6.07) is 9.84. The largest absolute Gasteiger partial charge is 0.494 e. The minimum absolute atomic E-state index is 0.422. The fourth-order valence-electron chi connectivity index (χ4n) is 2.15. The summed E-state index contributed by atoms with van der Waals surface area (Å²) in [5.41, 5.74) is 7.21. The van der Waals surface area contributed by atoms with Crippen molar-refractivity contribution in [3.63, 3.8) is 0 Å². The van der Waals surface area contributed by atoms with Gasteiger partial charge >= 0.3 is 0 Å². The van der Waals surface area contributed by atoms with E-state index in [0.717, 1.165) is 30.8 Å². The number of nitrogen functional groups attached to an aromatic ring is 1. The van der Waals surface area contributed by atoms with Crippen molar-refractivity contribution >= 4 is 17.0 Å². The molecule has 6 heteroatoms. The zero-order valence-corrected chi connectivity index (χ0v) is 11.6. The summed E-state index contributed by atoms with van der Waals surface area (Å²) in [4.78, 5) is 12.4. The summed E-state index contributed by atoms with van der Waals surface area (Å²) in [5, 5.41) is 0. The molecule has 0 saturated carbocycles. The monoisotopic (exact) mass is 283 g/mol. The third kappa shape index (κ3) is 3.10. The van der Waals surface area contributed by atoms with Crippen molar-refractivity contribution < 1.29 is 4.74 Å². The Kier molecular flexibility index (Phi) is 3.95. The van der Waals surface area contributed by atoms with Crippen LogP contribution in [0.1, 0.15) is 12.8 Å². The maximum absolute atomic E-state index is 5.76. The topological polar surface area (TPSA) is 78.9 Å². The highest BCUT2D eigenvalue weighted by atomic mass is 16.5. The minimum atomic E-state index is 0.422. The molecule has 2 N–H and O–H groups in total. The molecule has 6 nitrogen and oxygen atoms in total. The summed E-state index contributed by atoms with van der Waals surface area (Å²) in [5.74, 6) is 1.33. The molecule has 3 rings (SSSR count). The normalized spacial score (nSPS) is 10.9. The molecule has 0 radical (unpaired) electrons. The van der Waals surface area contributed by atoms with Crippen LogP contribution in [0.15, 0.2) is 43.0 Å². The Bertz CT molecular complexity index is 710. The van der Waals surface area contributed by atoms with Crippen LogP contribution in [0.5, 0.6) is 5.75 Å². The van der Waals surface area contributed by atoms with E-state index in [1.165, 1.54) is 6.33 Å². The molecule has 0 spiro atoms. The molecule has 0 atom stereocenters. The number of imidazole rings is 1. The Morgan fingerprint density at radius 2 is 1.90 bits per heavy atom. The molecule has 0 fully saturated rings. The summed E-state index contributed by atoms with van der Waals surface area (Å²) in [6.45, 7) is 1.54. The number of aryl methyl sites for hydroxylation is 1. The standard InChI is InChI=1S/C15H17N5O/c16-14-13-15(18-10-17-14)20(11-19-13)8-4-5-9-21-12-6-2-1-3-7-12/h1-3,6-7,10-11H,4-5,8-9H2,(H2,16,17,18). The van der Waals surface area contributed by atoms with E-state index in [1.54, 1.807) is 6.33 Å². The van der Waals surface area contributed by atoms with Gasteiger partial charge in [-0.2, -0.15) is 0 Å². The molecule has 0 aliphatic carbocycles. The molecule has 21 heavy (non-hydrogen) atoms. The van der Waals surface area contributed by atoms with Crippen molar-refractivity contribution in [3.8, 4) is 5.75 Å². The van der Waals surface area contributed by atoms with Crippen LogP contribution >= 0.6 is 0 Å². The zero-order chi connectivity index (χ0) is 14.5. The van der Waals surface area contributed by atoms with Crippen molar-refractivity contribution in [1.82, 2.24) is 19.5 Å². The Hall–Kier alpha value is -2.63. The lowest BCUT2D eigenvalue weighted by Gasteiger charge is -2.06. The quantitative estimate of drug-likeness (QED) is 0.702. The number of anilines is 1. The van der Waals surface area contributed by atoms with E-state index in [2.05, 4.69) is 15.0 Å². The van der Waals surface area contributed by atoms with Gasteiger partial charge in [-0.05, 0) is 25.0 Å². The van der Waals surface area contributed by atoms with Crippen LogP contribution in [0.3, 0.4) is 0 Å². The van der Waals surface area contributed by atoms with Crippen LogP contribution in [0.4, 0.5) is 5.82 Å². The Balaban J connectivity index is 1.50. The number of para-hydroxylation sites is 1. The molecular formula is C15H17N5O. The number of rotatable bonds is 6. The molecule has 2 aromatic heterocycles. The van der Waals surface area contributed by atoms with E-state index in [0.29, 0.717) is 17.9 Å². The molecule has 0 unspecified atom stereocenters. The SMILES string of the molecule is Nc1ncnc2c1ncn2CCCCOc1ccccc1. The van der Waals surface area contributed by atoms with E-state index < -0.39 is 0 Å². The first-order valence-corrected chi connectivity index (χ1v) is 6.94. The number of ether oxygens (including phenoxy) is 1. The van der Waals surface area contributed by atoms with Gasteiger partial charge in [0.1, 0.15) is 17.6 Å². The first-order valence-electron chi connectivity index (χ1n) is 6.94. The summed E-state index contributed by atoms with van der Waals surface area (Å²) < 4.78 is 7.66. The Labute approximate surface area is 122 Å². The van der Waals surface area contributed by atoms with Gasteiger partial charge in [-0.25, -0.2) is 15.0 Å². The minimum Gasteiger partial charge on any atom is -0.494 e. The second kappa shape index (κ2) is 6.21. The second-order valence-corrected chi connectivity index (χ2v) is 4.74. The van der Waals surface area contributed by atoms with Crippen LogP contribution in [-0.2, 0) is 6.54 Å². The number of fused-ring (bicyclic) bond motifs is 1. The lowest BCUT2D eigenvalue weighted by atomic mass is 10.3. The molecule has 0 amide bonds. The maximum atomic E-state index is 5.76.